The largest absolute Gasteiger partial charge is 0.496 e. The normalized spacial score (nSPS) is 22.3. The summed E-state index contributed by atoms with van der Waals surface area (Å²) in [6, 6.07) is 20.2. The Morgan fingerprint density at radius 1 is 0.930 bits per heavy atom. The second kappa shape index (κ2) is 22.0. The maximum absolute atomic E-state index is 15.2. The Balaban J connectivity index is 1.35. The Labute approximate surface area is 412 Å². The summed E-state index contributed by atoms with van der Waals surface area (Å²) in [5, 5.41) is 36.6. The van der Waals surface area contributed by atoms with Crippen molar-refractivity contribution < 1.29 is 62.7 Å². The molecule has 2 aliphatic carbocycles. The molecule has 0 spiro atoms. The molecule has 2 aliphatic heterocycles. The molecule has 1 fully saturated rings. The molecule has 4 aliphatic rings. The number of nitro groups is 1. The Morgan fingerprint density at radius 2 is 1.63 bits per heavy atom. The van der Waals surface area contributed by atoms with Gasteiger partial charge in [-0.3, -0.25) is 19.8 Å². The summed E-state index contributed by atoms with van der Waals surface area (Å²) in [5.74, 6) is 0.0333. The summed E-state index contributed by atoms with van der Waals surface area (Å²) in [6.45, 7) is 9.79. The van der Waals surface area contributed by atoms with E-state index >= 15 is 4.79 Å². The number of fused-ring (bicyclic) bond motifs is 3. The lowest BCUT2D eigenvalue weighted by molar-refractivity contribution is -0.384. The van der Waals surface area contributed by atoms with Crippen molar-refractivity contribution in [3.8, 4) is 40.2 Å². The van der Waals surface area contributed by atoms with Crippen LogP contribution in [0.4, 0.5) is 10.5 Å². The first-order valence-electron chi connectivity index (χ1n) is 24.0. The van der Waals surface area contributed by atoms with Gasteiger partial charge < -0.3 is 48.2 Å². The highest BCUT2D eigenvalue weighted by atomic mass is 16.7. The Morgan fingerprint density at radius 3 is 2.34 bits per heavy atom. The topological polar surface area (TPSA) is 207 Å². The molecule has 0 unspecified atom stereocenters. The van der Waals surface area contributed by atoms with E-state index in [1.807, 2.05) is 39.0 Å². The van der Waals surface area contributed by atoms with Crippen LogP contribution < -0.4 is 28.4 Å². The number of amides is 1. The third-order valence-electron chi connectivity index (χ3n) is 13.3. The zero-order valence-electron chi connectivity index (χ0n) is 40.5. The number of non-ortho nitro benzene ring substituents is 1. The van der Waals surface area contributed by atoms with Crippen LogP contribution in [-0.2, 0) is 16.1 Å². The van der Waals surface area contributed by atoms with E-state index in [1.165, 1.54) is 31.4 Å². The first kappa shape index (κ1) is 50.4. The molecule has 1 amide bonds. The summed E-state index contributed by atoms with van der Waals surface area (Å²) in [6.07, 6.45) is 7.90. The number of aldehydes is 1. The van der Waals surface area contributed by atoms with Crippen LogP contribution in [0.15, 0.2) is 108 Å². The fourth-order valence-corrected chi connectivity index (χ4v) is 10.2. The molecule has 376 valence electrons. The van der Waals surface area contributed by atoms with E-state index in [4.69, 9.17) is 43.2 Å². The van der Waals surface area contributed by atoms with Gasteiger partial charge >= 0.3 is 6.09 Å². The molecular formula is C54H61N3O14. The molecule has 1 saturated carbocycles. The van der Waals surface area contributed by atoms with Crippen LogP contribution in [0.5, 0.6) is 40.2 Å². The summed E-state index contributed by atoms with van der Waals surface area (Å²) < 4.78 is 44.0. The summed E-state index contributed by atoms with van der Waals surface area (Å²) in [4.78, 5) is 46.2. The average Bonchev–Trinajstić information content (AvgIpc) is 3.83. The Hall–Kier alpha value is -6.95. The van der Waals surface area contributed by atoms with Crippen LogP contribution in [-0.4, -0.2) is 89.3 Å². The van der Waals surface area contributed by atoms with Gasteiger partial charge in [0.05, 0.1) is 35.8 Å². The lowest BCUT2D eigenvalue weighted by Gasteiger charge is -2.60. The number of methoxy groups -OCH3 is 1. The van der Waals surface area contributed by atoms with Gasteiger partial charge in [-0.2, -0.15) is 0 Å². The van der Waals surface area contributed by atoms with Crippen molar-refractivity contribution in [2.45, 2.75) is 95.6 Å². The van der Waals surface area contributed by atoms with Crippen LogP contribution >= 0.6 is 0 Å². The van der Waals surface area contributed by atoms with Crippen molar-refractivity contribution in [2.75, 3.05) is 33.7 Å². The van der Waals surface area contributed by atoms with Gasteiger partial charge in [-0.05, 0) is 130 Å². The second-order valence-corrected chi connectivity index (χ2v) is 19.0. The number of aliphatic hydroxyl groups is 2. The van der Waals surface area contributed by atoms with Gasteiger partial charge in [0, 0.05) is 49.8 Å². The smallest absolute Gasteiger partial charge is 0.416 e. The monoisotopic (exact) mass is 975 g/mol. The first-order chi connectivity index (χ1) is 34.3. The minimum absolute atomic E-state index is 0.00933. The van der Waals surface area contributed by atoms with Crippen LogP contribution in [0.3, 0.4) is 0 Å². The van der Waals surface area contributed by atoms with Gasteiger partial charge in [-0.1, -0.05) is 36.2 Å². The van der Waals surface area contributed by atoms with Crippen LogP contribution in [0.2, 0.25) is 0 Å². The molecule has 2 heterocycles. The zero-order valence-corrected chi connectivity index (χ0v) is 40.5. The maximum Gasteiger partial charge on any atom is 0.416 e. The van der Waals surface area contributed by atoms with Crippen molar-refractivity contribution in [1.29, 1.82) is 0 Å². The van der Waals surface area contributed by atoms with Crippen LogP contribution in [0, 0.1) is 27.9 Å². The van der Waals surface area contributed by atoms with E-state index in [2.05, 4.69) is 12.7 Å². The number of rotatable bonds is 21. The first-order valence-corrected chi connectivity index (χ1v) is 24.0. The van der Waals surface area contributed by atoms with E-state index in [0.717, 1.165) is 24.0 Å². The van der Waals surface area contributed by atoms with Crippen molar-refractivity contribution in [3.05, 3.63) is 130 Å². The van der Waals surface area contributed by atoms with Crippen LogP contribution in [0.1, 0.15) is 93.1 Å². The quantitative estimate of drug-likeness (QED) is 0.0262. The number of allylic oxidation sites excluding steroid dienone is 1. The fourth-order valence-electron chi connectivity index (χ4n) is 10.2. The molecule has 6 atom stereocenters. The molecule has 2 N–H and O–H groups in total. The third kappa shape index (κ3) is 11.0. The van der Waals surface area contributed by atoms with Gasteiger partial charge in [0.1, 0.15) is 40.4 Å². The zero-order chi connectivity index (χ0) is 50.3. The summed E-state index contributed by atoms with van der Waals surface area (Å²) in [5.41, 5.74) is 2.30. The van der Waals surface area contributed by atoms with E-state index in [9.17, 15) is 25.1 Å². The van der Waals surface area contributed by atoms with Gasteiger partial charge in [-0.25, -0.2) is 4.79 Å². The number of unbranched alkanes of at least 4 members (excludes halogenated alkanes) is 2. The second-order valence-electron chi connectivity index (χ2n) is 19.0. The predicted octanol–water partition coefficient (Wildman–Crippen LogP) is 10.1. The molecule has 71 heavy (non-hydrogen) atoms. The summed E-state index contributed by atoms with van der Waals surface area (Å²) in [7, 11) is 1.49. The highest BCUT2D eigenvalue weighted by Crippen LogP contribution is 2.62. The van der Waals surface area contributed by atoms with Gasteiger partial charge in [0.15, 0.2) is 17.8 Å². The van der Waals surface area contributed by atoms with E-state index in [0.29, 0.717) is 83.3 Å². The molecule has 17 heteroatoms. The lowest BCUT2D eigenvalue weighted by Crippen LogP contribution is -2.70. The number of hydrogen-bond donors (Lipinski definition) is 2. The molecule has 17 nitrogen and oxygen atoms in total. The Bertz CT molecular complexity index is 2640. The van der Waals surface area contributed by atoms with Gasteiger partial charge in [0.2, 0.25) is 12.6 Å². The molecule has 0 saturated heterocycles. The van der Waals surface area contributed by atoms with Crippen molar-refractivity contribution in [1.82, 2.24) is 4.90 Å². The van der Waals surface area contributed by atoms with Gasteiger partial charge in [-0.15, -0.1) is 6.58 Å². The SMILES string of the molecule is C=CCO[C@@]12Oc3ccc(Oc4ccc(OC)c(C=O)c4)cc3[C@H]3[C@H](CCCCO)[C@@H](CCCCO)C=C(C(=NOC(C)(C)C)C[C@@H]1N(Cc1ccc4c(c1)OCO4)C(=O)Oc1ccc([N+](=O)[O-])cc1)[C@H]32. The number of nitrogens with zero attached hydrogens (tertiary/aromatic N) is 3. The standard InChI is InChI=1S/C54H61N3O14/c1-6-25-67-54-49(56(31-34-13-20-47-48(26-34)66-33-65-47)52(61)69-38-16-14-37(15-17-38)57(62)63)30-44(55-71-53(2,3)4)42-28-35(11-7-9-23-58)41(12-8-10-24-59)50(51(42)54)43-29-40(19-22-46(43)70-54)68-39-18-21-45(64-5)36(27-39)32-60/h6,13-22,26-29,32,35,41,49-51,58-59H,1,7-12,23-25,30-31,33H2,2-5H3/t35-,41+,49-,50+,51+,54+/m0/s1. The maximum atomic E-state index is 15.2. The minimum Gasteiger partial charge on any atom is -0.496 e. The Kier molecular flexibility index (Phi) is 15.6. The number of nitro benzene ring substituents is 1. The van der Waals surface area contributed by atoms with E-state index in [-0.39, 0.29) is 62.9 Å². The van der Waals surface area contributed by atoms with Crippen molar-refractivity contribution in [2.24, 2.45) is 22.9 Å². The molecule has 0 radical (unpaired) electrons. The molecule has 0 bridgehead atoms. The number of ether oxygens (including phenoxy) is 7. The highest BCUT2D eigenvalue weighted by molar-refractivity contribution is 6.03. The third-order valence-corrected chi connectivity index (χ3v) is 13.3. The number of benzene rings is 4. The molecule has 4 aromatic carbocycles. The van der Waals surface area contributed by atoms with Gasteiger partial charge in [0.25, 0.3) is 5.69 Å². The average molecular weight is 976 g/mol. The molecule has 8 rings (SSSR count). The predicted molar refractivity (Wildman–Crippen MR) is 261 cm³/mol. The van der Waals surface area contributed by atoms with Crippen molar-refractivity contribution >= 4 is 23.8 Å². The number of hydrogen-bond acceptors (Lipinski definition) is 15. The lowest BCUT2D eigenvalue weighted by atomic mass is 9.55. The highest BCUT2D eigenvalue weighted by Gasteiger charge is 2.66. The molecule has 0 aromatic heterocycles. The van der Waals surface area contributed by atoms with Crippen molar-refractivity contribution in [3.63, 3.8) is 0 Å². The fraction of sp³-hybridized carbons (Fsp3) is 0.426. The minimum atomic E-state index is -1.66. The number of carbonyl (C=O) groups is 2. The van der Waals surface area contributed by atoms with E-state index in [1.54, 1.807) is 47.4 Å². The number of aliphatic hydroxyl groups excluding tert-OH is 2. The van der Waals surface area contributed by atoms with E-state index < -0.39 is 40.3 Å². The molecular weight excluding hydrogens is 915 g/mol. The number of carbonyl (C=O) groups excluding carboxylic acids is 2. The molecule has 4 aromatic rings. The van der Waals surface area contributed by atoms with Crippen LogP contribution in [0.25, 0.3) is 0 Å². The number of oxime groups is 1. The summed E-state index contributed by atoms with van der Waals surface area (Å²) >= 11 is 0.